The molecule has 2 N–H and O–H groups in total. The van der Waals surface area contributed by atoms with Gasteiger partial charge in [0.15, 0.2) is 11.5 Å². The van der Waals surface area contributed by atoms with Crippen molar-refractivity contribution in [2.24, 2.45) is 0 Å². The van der Waals surface area contributed by atoms with Crippen LogP contribution >= 0.6 is 15.9 Å². The van der Waals surface area contributed by atoms with E-state index in [0.29, 0.717) is 33.7 Å². The zero-order valence-corrected chi connectivity index (χ0v) is 12.8. The quantitative estimate of drug-likeness (QED) is 0.898. The average molecular weight is 339 g/mol. The number of phenolic OH excluding ortho intramolecular Hbond substituents is 1. The number of methoxy groups -OCH3 is 1. The SMILES string of the molecule is CCCc1nc(-c2ccc(OC)c(O)c2)[nH]c(=O)c1Br. The molecule has 2 aromatic rings. The fourth-order valence-corrected chi connectivity index (χ4v) is 2.27. The van der Waals surface area contributed by atoms with Gasteiger partial charge in [-0.25, -0.2) is 4.98 Å². The van der Waals surface area contributed by atoms with Crippen molar-refractivity contribution in [3.05, 3.63) is 38.7 Å². The smallest absolute Gasteiger partial charge is 0.265 e. The highest BCUT2D eigenvalue weighted by atomic mass is 79.9. The molecule has 0 amide bonds. The van der Waals surface area contributed by atoms with E-state index in [4.69, 9.17) is 4.74 Å². The van der Waals surface area contributed by atoms with Crippen LogP contribution in [0.2, 0.25) is 0 Å². The van der Waals surface area contributed by atoms with E-state index >= 15 is 0 Å². The Morgan fingerprint density at radius 3 is 2.80 bits per heavy atom. The second-order valence-electron chi connectivity index (χ2n) is 4.31. The second kappa shape index (κ2) is 6.09. The molecular weight excluding hydrogens is 324 g/mol. The summed E-state index contributed by atoms with van der Waals surface area (Å²) in [6, 6.07) is 4.88. The van der Waals surface area contributed by atoms with Crippen LogP contribution in [0.5, 0.6) is 11.5 Å². The maximum atomic E-state index is 11.9. The Balaban J connectivity index is 2.52. The van der Waals surface area contributed by atoms with E-state index in [0.717, 1.165) is 6.42 Å². The fraction of sp³-hybridized carbons (Fsp3) is 0.286. The predicted molar refractivity (Wildman–Crippen MR) is 80.2 cm³/mol. The minimum Gasteiger partial charge on any atom is -0.504 e. The van der Waals surface area contributed by atoms with Gasteiger partial charge < -0.3 is 14.8 Å². The number of aromatic hydroxyl groups is 1. The first-order chi connectivity index (χ1) is 9.56. The highest BCUT2D eigenvalue weighted by Crippen LogP contribution is 2.30. The van der Waals surface area contributed by atoms with Crippen LogP contribution in [0.1, 0.15) is 19.0 Å². The topological polar surface area (TPSA) is 75.2 Å². The van der Waals surface area contributed by atoms with E-state index in [1.165, 1.54) is 13.2 Å². The lowest BCUT2D eigenvalue weighted by Gasteiger charge is -2.08. The molecule has 0 atom stereocenters. The van der Waals surface area contributed by atoms with Gasteiger partial charge in [-0.1, -0.05) is 13.3 Å². The Hall–Kier alpha value is -1.82. The van der Waals surface area contributed by atoms with E-state index < -0.39 is 0 Å². The van der Waals surface area contributed by atoms with Crippen LogP contribution in [0.25, 0.3) is 11.4 Å². The van der Waals surface area contributed by atoms with Gasteiger partial charge in [0.2, 0.25) is 0 Å². The van der Waals surface area contributed by atoms with Gasteiger partial charge in [-0.05, 0) is 40.5 Å². The number of benzene rings is 1. The summed E-state index contributed by atoms with van der Waals surface area (Å²) in [5.41, 5.74) is 1.11. The Kier molecular flexibility index (Phi) is 4.44. The molecule has 1 aromatic carbocycles. The number of phenols is 1. The van der Waals surface area contributed by atoms with Gasteiger partial charge in [0, 0.05) is 5.56 Å². The van der Waals surface area contributed by atoms with E-state index in [2.05, 4.69) is 25.9 Å². The average Bonchev–Trinajstić information content (AvgIpc) is 2.43. The molecule has 1 heterocycles. The van der Waals surface area contributed by atoms with Gasteiger partial charge in [0.05, 0.1) is 12.8 Å². The normalized spacial score (nSPS) is 10.6. The molecule has 1 aromatic heterocycles. The lowest BCUT2D eigenvalue weighted by Crippen LogP contribution is -2.13. The van der Waals surface area contributed by atoms with Gasteiger partial charge in [-0.15, -0.1) is 0 Å². The summed E-state index contributed by atoms with van der Waals surface area (Å²) >= 11 is 3.25. The number of aromatic amines is 1. The first kappa shape index (κ1) is 14.6. The summed E-state index contributed by atoms with van der Waals surface area (Å²) in [5, 5.41) is 9.80. The third-order valence-corrected chi connectivity index (χ3v) is 3.69. The van der Waals surface area contributed by atoms with Gasteiger partial charge >= 0.3 is 0 Å². The molecule has 0 fully saturated rings. The molecule has 0 aliphatic rings. The number of ether oxygens (including phenoxy) is 1. The monoisotopic (exact) mass is 338 g/mol. The van der Waals surface area contributed by atoms with Crippen molar-refractivity contribution in [3.8, 4) is 22.9 Å². The number of aromatic nitrogens is 2. The first-order valence-corrected chi connectivity index (χ1v) is 7.02. The Morgan fingerprint density at radius 1 is 1.45 bits per heavy atom. The molecule has 0 aliphatic carbocycles. The molecule has 2 rings (SSSR count). The molecule has 5 nitrogen and oxygen atoms in total. The molecule has 0 unspecified atom stereocenters. The highest BCUT2D eigenvalue weighted by Gasteiger charge is 2.11. The van der Waals surface area contributed by atoms with E-state index in [1.54, 1.807) is 12.1 Å². The van der Waals surface area contributed by atoms with Crippen molar-refractivity contribution in [1.82, 2.24) is 9.97 Å². The summed E-state index contributed by atoms with van der Waals surface area (Å²) in [6.45, 7) is 2.02. The maximum Gasteiger partial charge on any atom is 0.265 e. The van der Waals surface area contributed by atoms with Gasteiger partial charge in [-0.3, -0.25) is 4.79 Å². The number of aryl methyl sites for hydroxylation is 1. The Labute approximate surface area is 124 Å². The molecule has 0 aliphatic heterocycles. The lowest BCUT2D eigenvalue weighted by atomic mass is 10.1. The zero-order chi connectivity index (χ0) is 14.7. The summed E-state index contributed by atoms with van der Waals surface area (Å²) < 4.78 is 5.45. The van der Waals surface area contributed by atoms with Gasteiger partial charge in [-0.2, -0.15) is 0 Å². The second-order valence-corrected chi connectivity index (χ2v) is 5.10. The molecule has 0 saturated heterocycles. The zero-order valence-electron chi connectivity index (χ0n) is 11.2. The van der Waals surface area contributed by atoms with Crippen LogP contribution in [0.4, 0.5) is 0 Å². The van der Waals surface area contributed by atoms with Crippen LogP contribution in [-0.4, -0.2) is 22.2 Å². The van der Waals surface area contributed by atoms with Gasteiger partial charge in [0.1, 0.15) is 10.3 Å². The summed E-state index contributed by atoms with van der Waals surface area (Å²) in [5.74, 6) is 0.814. The third-order valence-electron chi connectivity index (χ3n) is 2.87. The minimum absolute atomic E-state index is 0.00705. The standard InChI is InChI=1S/C14H15BrN2O3/c1-3-4-9-12(15)14(19)17-13(16-9)8-5-6-11(20-2)10(18)7-8/h5-7,18H,3-4H2,1-2H3,(H,16,17,19). The van der Waals surface area contributed by atoms with Crippen molar-refractivity contribution in [2.75, 3.05) is 7.11 Å². The number of hydrogen-bond donors (Lipinski definition) is 2. The maximum absolute atomic E-state index is 11.9. The summed E-state index contributed by atoms with van der Waals surface area (Å²) in [4.78, 5) is 19.0. The number of hydrogen-bond acceptors (Lipinski definition) is 4. The third kappa shape index (κ3) is 2.85. The Bertz CT molecular complexity index is 683. The van der Waals surface area contributed by atoms with Gasteiger partial charge in [0.25, 0.3) is 5.56 Å². The lowest BCUT2D eigenvalue weighted by molar-refractivity contribution is 0.373. The number of halogens is 1. The van der Waals surface area contributed by atoms with Crippen molar-refractivity contribution < 1.29 is 9.84 Å². The molecule has 106 valence electrons. The number of rotatable bonds is 4. The van der Waals surface area contributed by atoms with E-state index in [9.17, 15) is 9.90 Å². The summed E-state index contributed by atoms with van der Waals surface area (Å²) in [7, 11) is 1.48. The van der Waals surface area contributed by atoms with E-state index in [1.807, 2.05) is 6.92 Å². The van der Waals surface area contributed by atoms with Crippen molar-refractivity contribution >= 4 is 15.9 Å². The fourth-order valence-electron chi connectivity index (χ4n) is 1.88. The number of H-pyrrole nitrogens is 1. The molecule has 6 heteroatoms. The number of nitrogens with zero attached hydrogens (tertiary/aromatic N) is 1. The molecule has 0 spiro atoms. The predicted octanol–water partition coefficient (Wildman–Crippen LogP) is 2.87. The van der Waals surface area contributed by atoms with Crippen molar-refractivity contribution in [2.45, 2.75) is 19.8 Å². The summed E-state index contributed by atoms with van der Waals surface area (Å²) in [6.07, 6.45) is 1.60. The molecule has 0 radical (unpaired) electrons. The Morgan fingerprint density at radius 2 is 2.20 bits per heavy atom. The van der Waals surface area contributed by atoms with E-state index in [-0.39, 0.29) is 11.3 Å². The van der Waals surface area contributed by atoms with Crippen LogP contribution in [0.3, 0.4) is 0 Å². The molecule has 0 saturated carbocycles. The molecule has 20 heavy (non-hydrogen) atoms. The number of nitrogens with one attached hydrogen (secondary N) is 1. The van der Waals surface area contributed by atoms with Crippen LogP contribution in [0, 0.1) is 0 Å². The molecular formula is C14H15BrN2O3. The largest absolute Gasteiger partial charge is 0.504 e. The van der Waals surface area contributed by atoms with Crippen LogP contribution < -0.4 is 10.3 Å². The molecule has 0 bridgehead atoms. The van der Waals surface area contributed by atoms with Crippen molar-refractivity contribution in [3.63, 3.8) is 0 Å². The minimum atomic E-state index is -0.228. The van der Waals surface area contributed by atoms with Crippen LogP contribution in [-0.2, 0) is 6.42 Å². The van der Waals surface area contributed by atoms with Crippen LogP contribution in [0.15, 0.2) is 27.5 Å². The highest BCUT2D eigenvalue weighted by molar-refractivity contribution is 9.10. The first-order valence-electron chi connectivity index (χ1n) is 6.22. The van der Waals surface area contributed by atoms with Crippen molar-refractivity contribution in [1.29, 1.82) is 0 Å².